The minimum atomic E-state index is -1.11. The van der Waals surface area contributed by atoms with Crippen LogP contribution < -0.4 is 0 Å². The van der Waals surface area contributed by atoms with E-state index in [1.807, 2.05) is 0 Å². The molecule has 0 aliphatic rings. The van der Waals surface area contributed by atoms with Gasteiger partial charge in [-0.25, -0.2) is 0 Å². The first-order chi connectivity index (χ1) is 7.10. The van der Waals surface area contributed by atoms with Crippen LogP contribution in [0.15, 0.2) is 0 Å². The van der Waals surface area contributed by atoms with Gasteiger partial charge in [0.25, 0.3) is 0 Å². The number of unbranched alkanes of at least 4 members (excludes halogenated alkanes) is 2. The molecule has 0 spiro atoms. The highest BCUT2D eigenvalue weighted by Gasteiger charge is 2.22. The summed E-state index contributed by atoms with van der Waals surface area (Å²) in [4.78, 5) is 0. The molecular formula is C13H28O2. The summed E-state index contributed by atoms with van der Waals surface area (Å²) >= 11 is 0. The largest absolute Gasteiger partial charge is 0.368 e. The zero-order chi connectivity index (χ0) is 11.7. The third-order valence-corrected chi connectivity index (χ3v) is 3.92. The summed E-state index contributed by atoms with van der Waals surface area (Å²) in [5.41, 5.74) is 0.540. The average molecular weight is 216 g/mol. The molecule has 0 atom stereocenters. The van der Waals surface area contributed by atoms with E-state index in [1.54, 1.807) is 0 Å². The highest BCUT2D eigenvalue weighted by Crippen LogP contribution is 2.36. The Kier molecular flexibility index (Phi) is 8.07. The van der Waals surface area contributed by atoms with E-state index in [0.717, 1.165) is 12.8 Å². The van der Waals surface area contributed by atoms with Gasteiger partial charge in [-0.2, -0.15) is 0 Å². The molecule has 0 fully saturated rings. The van der Waals surface area contributed by atoms with Crippen LogP contribution in [0.5, 0.6) is 0 Å². The Bertz CT molecular complexity index is 131. The fraction of sp³-hybridized carbons (Fsp3) is 1.00. The lowest BCUT2D eigenvalue weighted by molar-refractivity contribution is -0.0467. The van der Waals surface area contributed by atoms with Crippen molar-refractivity contribution >= 4 is 0 Å². The average Bonchev–Trinajstić information content (AvgIpc) is 2.24. The fourth-order valence-electron chi connectivity index (χ4n) is 2.28. The number of aliphatic hydroxyl groups excluding tert-OH is 1. The van der Waals surface area contributed by atoms with Crippen molar-refractivity contribution in [3.8, 4) is 0 Å². The van der Waals surface area contributed by atoms with Crippen LogP contribution >= 0.6 is 0 Å². The molecule has 0 aromatic carbocycles. The Morgan fingerprint density at radius 3 is 1.80 bits per heavy atom. The van der Waals surface area contributed by atoms with Gasteiger partial charge in [-0.15, -0.1) is 0 Å². The SMILES string of the molecule is CCC(CC)(CC)CCCCCC(O)O. The van der Waals surface area contributed by atoms with Crippen LogP contribution in [0.1, 0.15) is 72.1 Å². The number of hydrogen-bond donors (Lipinski definition) is 2. The molecule has 0 aliphatic heterocycles. The van der Waals surface area contributed by atoms with E-state index in [-0.39, 0.29) is 0 Å². The van der Waals surface area contributed by atoms with Crippen LogP contribution in [0.2, 0.25) is 0 Å². The summed E-state index contributed by atoms with van der Waals surface area (Å²) in [7, 11) is 0. The van der Waals surface area contributed by atoms with Gasteiger partial charge in [0.2, 0.25) is 0 Å². The van der Waals surface area contributed by atoms with E-state index >= 15 is 0 Å². The third kappa shape index (κ3) is 6.16. The van der Waals surface area contributed by atoms with E-state index in [4.69, 9.17) is 10.2 Å². The first-order valence-electron chi connectivity index (χ1n) is 6.46. The number of hydrogen-bond acceptors (Lipinski definition) is 2. The molecule has 0 aliphatic carbocycles. The minimum Gasteiger partial charge on any atom is -0.368 e. The summed E-state index contributed by atoms with van der Waals surface area (Å²) in [6.45, 7) is 6.85. The molecule has 0 saturated heterocycles. The van der Waals surface area contributed by atoms with Crippen LogP contribution in [0.4, 0.5) is 0 Å². The summed E-state index contributed by atoms with van der Waals surface area (Å²) in [5, 5.41) is 17.4. The molecule has 0 radical (unpaired) electrons. The van der Waals surface area contributed by atoms with Crippen molar-refractivity contribution in [1.82, 2.24) is 0 Å². The molecule has 2 nitrogen and oxygen atoms in total. The molecule has 0 rings (SSSR count). The Balaban J connectivity index is 3.63. The second kappa shape index (κ2) is 8.12. The summed E-state index contributed by atoms with van der Waals surface area (Å²) in [6.07, 6.45) is 7.79. The van der Waals surface area contributed by atoms with Gasteiger partial charge < -0.3 is 10.2 Å². The van der Waals surface area contributed by atoms with E-state index in [0.29, 0.717) is 11.8 Å². The third-order valence-electron chi connectivity index (χ3n) is 3.92. The van der Waals surface area contributed by atoms with Gasteiger partial charge in [-0.1, -0.05) is 52.9 Å². The number of rotatable bonds is 9. The van der Waals surface area contributed by atoms with E-state index in [1.165, 1.54) is 32.1 Å². The van der Waals surface area contributed by atoms with Gasteiger partial charge in [0, 0.05) is 0 Å². The normalized spacial score (nSPS) is 12.4. The van der Waals surface area contributed by atoms with Crippen molar-refractivity contribution in [1.29, 1.82) is 0 Å². The van der Waals surface area contributed by atoms with E-state index < -0.39 is 6.29 Å². The second-order valence-corrected chi connectivity index (χ2v) is 4.64. The Morgan fingerprint density at radius 2 is 1.40 bits per heavy atom. The maximum Gasteiger partial charge on any atom is 0.151 e. The van der Waals surface area contributed by atoms with Crippen molar-refractivity contribution in [2.24, 2.45) is 5.41 Å². The minimum absolute atomic E-state index is 0.525. The maximum atomic E-state index is 8.71. The molecule has 2 heteroatoms. The molecule has 0 bridgehead atoms. The Morgan fingerprint density at radius 1 is 0.867 bits per heavy atom. The van der Waals surface area contributed by atoms with Crippen LogP contribution in [0.3, 0.4) is 0 Å². The predicted molar refractivity (Wildman–Crippen MR) is 64.6 cm³/mol. The van der Waals surface area contributed by atoms with Gasteiger partial charge in [-0.3, -0.25) is 0 Å². The second-order valence-electron chi connectivity index (χ2n) is 4.64. The quantitative estimate of drug-likeness (QED) is 0.458. The van der Waals surface area contributed by atoms with Crippen molar-refractivity contribution < 1.29 is 10.2 Å². The zero-order valence-electron chi connectivity index (χ0n) is 10.6. The molecule has 0 unspecified atom stereocenters. The van der Waals surface area contributed by atoms with E-state index in [2.05, 4.69) is 20.8 Å². The molecule has 15 heavy (non-hydrogen) atoms. The lowest BCUT2D eigenvalue weighted by Crippen LogP contribution is -2.17. The van der Waals surface area contributed by atoms with Gasteiger partial charge in [-0.05, 0) is 24.7 Å². The van der Waals surface area contributed by atoms with Crippen molar-refractivity contribution in [2.75, 3.05) is 0 Å². The molecule has 0 amide bonds. The van der Waals surface area contributed by atoms with Crippen molar-refractivity contribution in [3.63, 3.8) is 0 Å². The lowest BCUT2D eigenvalue weighted by atomic mass is 9.75. The molecule has 0 aromatic heterocycles. The number of aliphatic hydroxyl groups is 2. The van der Waals surface area contributed by atoms with Gasteiger partial charge in [0.15, 0.2) is 6.29 Å². The highest BCUT2D eigenvalue weighted by molar-refractivity contribution is 4.74. The maximum absolute atomic E-state index is 8.71. The molecule has 0 saturated carbocycles. The Labute approximate surface area is 94.7 Å². The monoisotopic (exact) mass is 216 g/mol. The molecule has 2 N–H and O–H groups in total. The molecule has 92 valence electrons. The van der Waals surface area contributed by atoms with Crippen LogP contribution in [0, 0.1) is 5.41 Å². The van der Waals surface area contributed by atoms with Crippen LogP contribution in [-0.4, -0.2) is 16.5 Å². The Hall–Kier alpha value is -0.0800. The zero-order valence-corrected chi connectivity index (χ0v) is 10.6. The predicted octanol–water partition coefficient (Wildman–Crippen LogP) is 3.46. The smallest absolute Gasteiger partial charge is 0.151 e. The van der Waals surface area contributed by atoms with Crippen LogP contribution in [0.25, 0.3) is 0 Å². The standard InChI is InChI=1S/C13H28O2/c1-4-13(5-2,6-3)11-9-7-8-10-12(14)15/h12,14-15H,4-11H2,1-3H3. The van der Waals surface area contributed by atoms with Crippen molar-refractivity contribution in [3.05, 3.63) is 0 Å². The highest BCUT2D eigenvalue weighted by atomic mass is 16.5. The van der Waals surface area contributed by atoms with Gasteiger partial charge >= 0.3 is 0 Å². The topological polar surface area (TPSA) is 40.5 Å². The fourth-order valence-corrected chi connectivity index (χ4v) is 2.28. The van der Waals surface area contributed by atoms with Crippen molar-refractivity contribution in [2.45, 2.75) is 78.4 Å². The van der Waals surface area contributed by atoms with Crippen LogP contribution in [-0.2, 0) is 0 Å². The van der Waals surface area contributed by atoms with Gasteiger partial charge in [0.1, 0.15) is 0 Å². The first kappa shape index (κ1) is 14.9. The van der Waals surface area contributed by atoms with E-state index in [9.17, 15) is 0 Å². The summed E-state index contributed by atoms with van der Waals surface area (Å²) < 4.78 is 0. The lowest BCUT2D eigenvalue weighted by Gasteiger charge is -2.30. The summed E-state index contributed by atoms with van der Waals surface area (Å²) in [6, 6.07) is 0. The molecule has 0 heterocycles. The molecule has 0 aromatic rings. The first-order valence-corrected chi connectivity index (χ1v) is 6.46. The van der Waals surface area contributed by atoms with Gasteiger partial charge in [0.05, 0.1) is 0 Å². The summed E-state index contributed by atoms with van der Waals surface area (Å²) in [5.74, 6) is 0. The molecular weight excluding hydrogens is 188 g/mol.